The summed E-state index contributed by atoms with van der Waals surface area (Å²) in [6, 6.07) is 6.02. The molecule has 0 radical (unpaired) electrons. The van der Waals surface area contributed by atoms with Crippen LogP contribution in [0, 0.1) is 13.8 Å². The number of aromatic nitrogens is 1. The summed E-state index contributed by atoms with van der Waals surface area (Å²) in [6.07, 6.45) is 0.952. The van der Waals surface area contributed by atoms with E-state index in [9.17, 15) is 4.79 Å². The van der Waals surface area contributed by atoms with Crippen LogP contribution in [-0.2, 0) is 13.5 Å². The molecule has 2 aromatic heterocycles. The van der Waals surface area contributed by atoms with Crippen LogP contribution in [-0.4, -0.2) is 10.4 Å². The second-order valence-corrected chi connectivity index (χ2v) is 5.61. The molecule has 2 heterocycles. The highest BCUT2D eigenvalue weighted by Gasteiger charge is 2.18. The van der Waals surface area contributed by atoms with E-state index in [4.69, 9.17) is 0 Å². The van der Waals surface area contributed by atoms with Crippen molar-refractivity contribution in [3.63, 3.8) is 0 Å². The quantitative estimate of drug-likeness (QED) is 0.761. The molecule has 2 nitrogen and oxygen atoms in total. The smallest absolute Gasteiger partial charge is 0.219 e. The standard InChI is InChI=1S/C14H17NOS/c1-5-11-8-9(2)13(15(11)4)14(16)12-7-6-10(3)17-12/h6-8H,5H2,1-4H3. The van der Waals surface area contributed by atoms with Gasteiger partial charge in [0, 0.05) is 17.6 Å². The molecular formula is C14H17NOS. The zero-order chi connectivity index (χ0) is 12.6. The Morgan fingerprint density at radius 1 is 1.35 bits per heavy atom. The summed E-state index contributed by atoms with van der Waals surface area (Å²) in [6.45, 7) is 6.14. The van der Waals surface area contributed by atoms with Crippen LogP contribution >= 0.6 is 11.3 Å². The Morgan fingerprint density at radius 2 is 2.06 bits per heavy atom. The van der Waals surface area contributed by atoms with E-state index in [1.54, 1.807) is 11.3 Å². The molecule has 0 atom stereocenters. The monoisotopic (exact) mass is 247 g/mol. The van der Waals surface area contributed by atoms with E-state index in [1.165, 1.54) is 10.6 Å². The summed E-state index contributed by atoms with van der Waals surface area (Å²) in [5.74, 6) is 0.141. The van der Waals surface area contributed by atoms with E-state index in [0.717, 1.165) is 22.6 Å². The highest BCUT2D eigenvalue weighted by Crippen LogP contribution is 2.23. The molecule has 2 aromatic rings. The number of rotatable bonds is 3. The molecule has 0 saturated heterocycles. The Kier molecular flexibility index (Phi) is 3.20. The van der Waals surface area contributed by atoms with Crippen LogP contribution in [0.15, 0.2) is 18.2 Å². The van der Waals surface area contributed by atoms with E-state index in [1.807, 2.05) is 37.6 Å². The molecule has 3 heteroatoms. The second-order valence-electron chi connectivity index (χ2n) is 4.32. The Balaban J connectivity index is 2.47. The number of carbonyl (C=O) groups is 1. The van der Waals surface area contributed by atoms with E-state index in [0.29, 0.717) is 0 Å². The summed E-state index contributed by atoms with van der Waals surface area (Å²) in [7, 11) is 1.97. The van der Waals surface area contributed by atoms with Crippen molar-refractivity contribution in [2.75, 3.05) is 0 Å². The minimum absolute atomic E-state index is 0.141. The first-order chi connectivity index (χ1) is 8.04. The Morgan fingerprint density at radius 3 is 2.53 bits per heavy atom. The van der Waals surface area contributed by atoms with Crippen LogP contribution in [0.3, 0.4) is 0 Å². The predicted molar refractivity (Wildman–Crippen MR) is 72.0 cm³/mol. The zero-order valence-corrected chi connectivity index (χ0v) is 11.5. The van der Waals surface area contributed by atoms with Crippen molar-refractivity contribution in [3.05, 3.63) is 44.9 Å². The number of ketones is 1. The Hall–Kier alpha value is -1.35. The topological polar surface area (TPSA) is 22.0 Å². The summed E-state index contributed by atoms with van der Waals surface area (Å²) < 4.78 is 2.02. The van der Waals surface area contributed by atoms with Crippen LogP contribution < -0.4 is 0 Å². The molecule has 2 rings (SSSR count). The largest absolute Gasteiger partial charge is 0.345 e. The molecule has 0 bridgehead atoms. The predicted octanol–water partition coefficient (Wildman–Crippen LogP) is 3.50. The van der Waals surface area contributed by atoms with Gasteiger partial charge in [0.25, 0.3) is 0 Å². The van der Waals surface area contributed by atoms with Gasteiger partial charge in [-0.25, -0.2) is 0 Å². The van der Waals surface area contributed by atoms with Crippen molar-refractivity contribution in [3.8, 4) is 0 Å². The highest BCUT2D eigenvalue weighted by molar-refractivity contribution is 7.14. The van der Waals surface area contributed by atoms with Gasteiger partial charge in [-0.15, -0.1) is 11.3 Å². The van der Waals surface area contributed by atoms with E-state index in [-0.39, 0.29) is 5.78 Å². The van der Waals surface area contributed by atoms with Crippen molar-refractivity contribution in [1.29, 1.82) is 0 Å². The molecule has 17 heavy (non-hydrogen) atoms. The molecule has 90 valence electrons. The van der Waals surface area contributed by atoms with Gasteiger partial charge in [0.05, 0.1) is 10.6 Å². The van der Waals surface area contributed by atoms with Crippen LogP contribution in [0.2, 0.25) is 0 Å². The lowest BCUT2D eigenvalue weighted by atomic mass is 10.1. The Labute approximate surface area is 106 Å². The number of thiophene rings is 1. The lowest BCUT2D eigenvalue weighted by Gasteiger charge is -2.05. The second kappa shape index (κ2) is 4.49. The molecule has 0 spiro atoms. The van der Waals surface area contributed by atoms with Gasteiger partial charge in [-0.05, 0) is 44.0 Å². The van der Waals surface area contributed by atoms with Crippen molar-refractivity contribution in [2.24, 2.45) is 7.05 Å². The average molecular weight is 247 g/mol. The third kappa shape index (κ3) is 2.07. The van der Waals surface area contributed by atoms with Crippen molar-refractivity contribution in [2.45, 2.75) is 27.2 Å². The molecule has 0 aliphatic carbocycles. The average Bonchev–Trinajstić information content (AvgIpc) is 2.83. The van der Waals surface area contributed by atoms with Gasteiger partial charge in [0.15, 0.2) is 0 Å². The lowest BCUT2D eigenvalue weighted by molar-refractivity contribution is 0.103. The maximum absolute atomic E-state index is 12.4. The first kappa shape index (κ1) is 12.1. The van der Waals surface area contributed by atoms with E-state index < -0.39 is 0 Å². The first-order valence-electron chi connectivity index (χ1n) is 5.81. The third-order valence-electron chi connectivity index (χ3n) is 3.06. The third-order valence-corrected chi connectivity index (χ3v) is 4.06. The first-order valence-corrected chi connectivity index (χ1v) is 6.62. The van der Waals surface area contributed by atoms with Gasteiger partial charge in [0.2, 0.25) is 5.78 Å². The van der Waals surface area contributed by atoms with Gasteiger partial charge in [-0.2, -0.15) is 0 Å². The van der Waals surface area contributed by atoms with Crippen LogP contribution in [0.4, 0.5) is 0 Å². The van der Waals surface area contributed by atoms with Crippen LogP contribution in [0.5, 0.6) is 0 Å². The number of nitrogens with zero attached hydrogens (tertiary/aromatic N) is 1. The summed E-state index contributed by atoms with van der Waals surface area (Å²) in [5.41, 5.74) is 3.10. The van der Waals surface area contributed by atoms with E-state index in [2.05, 4.69) is 13.0 Å². The molecule has 0 unspecified atom stereocenters. The number of carbonyl (C=O) groups excluding carboxylic acids is 1. The molecule has 0 aliphatic rings. The fourth-order valence-corrected chi connectivity index (χ4v) is 2.98. The van der Waals surface area contributed by atoms with Crippen molar-refractivity contribution in [1.82, 2.24) is 4.57 Å². The SMILES string of the molecule is CCc1cc(C)c(C(=O)c2ccc(C)s2)n1C. The minimum Gasteiger partial charge on any atom is -0.345 e. The molecule has 0 aromatic carbocycles. The van der Waals surface area contributed by atoms with Gasteiger partial charge in [-0.1, -0.05) is 6.92 Å². The number of hydrogen-bond donors (Lipinski definition) is 0. The van der Waals surface area contributed by atoms with Crippen LogP contribution in [0.25, 0.3) is 0 Å². The Bertz CT molecular complexity index is 563. The molecule has 0 N–H and O–H groups in total. The van der Waals surface area contributed by atoms with E-state index >= 15 is 0 Å². The molecule has 0 aliphatic heterocycles. The van der Waals surface area contributed by atoms with Gasteiger partial charge in [0.1, 0.15) is 0 Å². The molecular weight excluding hydrogens is 230 g/mol. The fraction of sp³-hybridized carbons (Fsp3) is 0.357. The summed E-state index contributed by atoms with van der Waals surface area (Å²) in [5, 5.41) is 0. The van der Waals surface area contributed by atoms with Crippen molar-refractivity contribution < 1.29 is 4.79 Å². The van der Waals surface area contributed by atoms with Gasteiger partial charge in [-0.3, -0.25) is 4.79 Å². The minimum atomic E-state index is 0.141. The molecule has 0 amide bonds. The number of hydrogen-bond acceptors (Lipinski definition) is 2. The van der Waals surface area contributed by atoms with Gasteiger partial charge >= 0.3 is 0 Å². The highest BCUT2D eigenvalue weighted by atomic mass is 32.1. The number of aryl methyl sites for hydroxylation is 3. The van der Waals surface area contributed by atoms with Crippen LogP contribution in [0.1, 0.15) is 38.4 Å². The van der Waals surface area contributed by atoms with Gasteiger partial charge < -0.3 is 4.57 Å². The lowest BCUT2D eigenvalue weighted by Crippen LogP contribution is -2.08. The summed E-state index contributed by atoms with van der Waals surface area (Å²) >= 11 is 1.56. The molecule has 0 fully saturated rings. The maximum Gasteiger partial charge on any atom is 0.219 e. The maximum atomic E-state index is 12.4. The van der Waals surface area contributed by atoms with Crippen molar-refractivity contribution >= 4 is 17.1 Å². The fourth-order valence-electron chi connectivity index (χ4n) is 2.17. The molecule has 0 saturated carbocycles. The zero-order valence-electron chi connectivity index (χ0n) is 10.7. The summed E-state index contributed by atoms with van der Waals surface area (Å²) in [4.78, 5) is 14.4. The normalized spacial score (nSPS) is 10.8.